The summed E-state index contributed by atoms with van der Waals surface area (Å²) in [6.07, 6.45) is 2.27. The molecule has 1 aliphatic heterocycles. The lowest BCUT2D eigenvalue weighted by atomic mass is 9.77. The molecule has 1 fully saturated rings. The van der Waals surface area contributed by atoms with Crippen LogP contribution in [0.2, 0.25) is 0 Å². The zero-order valence-electron chi connectivity index (χ0n) is 16.8. The van der Waals surface area contributed by atoms with Crippen molar-refractivity contribution in [1.29, 1.82) is 0 Å². The molecule has 1 saturated carbocycles. The fourth-order valence-electron chi connectivity index (χ4n) is 5.27. The van der Waals surface area contributed by atoms with Crippen molar-refractivity contribution in [1.82, 2.24) is 4.90 Å². The van der Waals surface area contributed by atoms with E-state index < -0.39 is 0 Å². The van der Waals surface area contributed by atoms with Gasteiger partial charge in [-0.05, 0) is 66.3 Å². The van der Waals surface area contributed by atoms with Gasteiger partial charge in [0, 0.05) is 12.0 Å². The van der Waals surface area contributed by atoms with Gasteiger partial charge in [-0.3, -0.25) is 14.5 Å². The number of fused-ring (bicyclic) bond motifs is 1. The minimum Gasteiger partial charge on any atom is -0.271 e. The summed E-state index contributed by atoms with van der Waals surface area (Å²) in [7, 11) is 0. The number of halogens is 2. The Morgan fingerprint density at radius 2 is 1.29 bits per heavy atom. The van der Waals surface area contributed by atoms with Crippen LogP contribution in [0.25, 0.3) is 0 Å². The lowest BCUT2D eigenvalue weighted by molar-refractivity contribution is 0.0541. The first-order chi connectivity index (χ1) is 15.0. The molecule has 0 bridgehead atoms. The second-order valence-electron chi connectivity index (χ2n) is 8.28. The lowest BCUT2D eigenvalue weighted by Crippen LogP contribution is -2.43. The van der Waals surface area contributed by atoms with Crippen LogP contribution in [0.15, 0.2) is 72.8 Å². The van der Waals surface area contributed by atoms with Crippen molar-refractivity contribution < 1.29 is 18.4 Å². The normalized spacial score (nSPS) is 20.5. The molecule has 5 rings (SSSR count). The number of carbonyl (C=O) groups excluding carboxylic acids is 2. The van der Waals surface area contributed by atoms with E-state index in [1.54, 1.807) is 36.4 Å². The van der Waals surface area contributed by atoms with Gasteiger partial charge in [-0.15, -0.1) is 0 Å². The third-order valence-electron chi connectivity index (χ3n) is 6.53. The molecule has 0 saturated heterocycles. The third kappa shape index (κ3) is 3.34. The minimum absolute atomic E-state index is 0.134. The maximum absolute atomic E-state index is 14.1. The van der Waals surface area contributed by atoms with Gasteiger partial charge in [0.15, 0.2) is 0 Å². The van der Waals surface area contributed by atoms with Crippen LogP contribution in [0.5, 0.6) is 0 Å². The molecule has 3 nitrogen and oxygen atoms in total. The Labute approximate surface area is 179 Å². The number of imide groups is 1. The maximum atomic E-state index is 14.1. The summed E-state index contributed by atoms with van der Waals surface area (Å²) in [5.74, 6) is -1.76. The molecule has 0 spiro atoms. The van der Waals surface area contributed by atoms with Crippen molar-refractivity contribution in [3.05, 3.63) is 107 Å². The average Bonchev–Trinajstić information content (AvgIpc) is 3.32. The fraction of sp³-hybridized carbons (Fsp3) is 0.231. The van der Waals surface area contributed by atoms with Gasteiger partial charge >= 0.3 is 0 Å². The predicted octanol–water partition coefficient (Wildman–Crippen LogP) is 5.56. The lowest BCUT2D eigenvalue weighted by Gasteiger charge is -2.34. The average molecular weight is 417 g/mol. The van der Waals surface area contributed by atoms with E-state index in [1.807, 2.05) is 12.1 Å². The van der Waals surface area contributed by atoms with Crippen LogP contribution >= 0.6 is 0 Å². The Kier molecular flexibility index (Phi) is 4.89. The summed E-state index contributed by atoms with van der Waals surface area (Å²) >= 11 is 0. The van der Waals surface area contributed by atoms with Gasteiger partial charge in [0.05, 0.1) is 11.1 Å². The van der Waals surface area contributed by atoms with Gasteiger partial charge in [0.1, 0.15) is 11.6 Å². The quantitative estimate of drug-likeness (QED) is 0.521. The van der Waals surface area contributed by atoms with E-state index in [9.17, 15) is 18.4 Å². The van der Waals surface area contributed by atoms with Crippen LogP contribution in [-0.2, 0) is 0 Å². The summed E-state index contributed by atoms with van der Waals surface area (Å²) in [6, 6.07) is 19.2. The Balaban J connectivity index is 1.58. The molecule has 3 aromatic carbocycles. The second kappa shape index (κ2) is 7.73. The molecule has 2 amide bonds. The molecule has 2 atom stereocenters. The zero-order valence-corrected chi connectivity index (χ0v) is 16.8. The highest BCUT2D eigenvalue weighted by atomic mass is 19.1. The summed E-state index contributed by atoms with van der Waals surface area (Å²) in [5, 5.41) is 0. The SMILES string of the molecule is O=C1c2ccccc2C(=O)N1[C@H]1CCCC1C(c1cccc(F)c1)c1cccc(F)c1. The van der Waals surface area contributed by atoms with Crippen molar-refractivity contribution in [2.24, 2.45) is 5.92 Å². The Morgan fingerprint density at radius 1 is 0.742 bits per heavy atom. The van der Waals surface area contributed by atoms with Crippen LogP contribution in [-0.4, -0.2) is 22.8 Å². The molecule has 0 aromatic heterocycles. The van der Waals surface area contributed by atoms with Gasteiger partial charge in [-0.2, -0.15) is 0 Å². The number of nitrogens with zero attached hydrogens (tertiary/aromatic N) is 1. The summed E-state index contributed by atoms with van der Waals surface area (Å²) in [6.45, 7) is 0. The molecule has 3 aromatic rings. The third-order valence-corrected chi connectivity index (χ3v) is 6.53. The molecule has 0 radical (unpaired) electrons. The second-order valence-corrected chi connectivity index (χ2v) is 8.28. The highest BCUT2D eigenvalue weighted by Crippen LogP contribution is 2.45. The summed E-state index contributed by atoms with van der Waals surface area (Å²) in [5.41, 5.74) is 2.29. The van der Waals surface area contributed by atoms with Gasteiger partial charge in [-0.25, -0.2) is 8.78 Å². The summed E-state index contributed by atoms with van der Waals surface area (Å²) < 4.78 is 28.2. The van der Waals surface area contributed by atoms with Gasteiger partial charge in [0.2, 0.25) is 0 Å². The number of hydrogen-bond donors (Lipinski definition) is 0. The van der Waals surface area contributed by atoms with Crippen molar-refractivity contribution in [2.45, 2.75) is 31.2 Å². The van der Waals surface area contributed by atoms with Crippen molar-refractivity contribution in [3.8, 4) is 0 Å². The van der Waals surface area contributed by atoms with Crippen LogP contribution in [0.3, 0.4) is 0 Å². The maximum Gasteiger partial charge on any atom is 0.261 e. The number of hydrogen-bond acceptors (Lipinski definition) is 2. The number of rotatable bonds is 4. The number of benzene rings is 3. The predicted molar refractivity (Wildman–Crippen MR) is 113 cm³/mol. The van der Waals surface area contributed by atoms with Crippen LogP contribution in [0, 0.1) is 17.6 Å². The Morgan fingerprint density at radius 3 is 1.81 bits per heavy atom. The first-order valence-corrected chi connectivity index (χ1v) is 10.5. The Hall–Kier alpha value is -3.34. The molecule has 2 aliphatic rings. The molecule has 1 aliphatic carbocycles. The largest absolute Gasteiger partial charge is 0.271 e. The van der Waals surface area contributed by atoms with E-state index in [0.29, 0.717) is 17.5 Å². The van der Waals surface area contributed by atoms with Gasteiger partial charge in [-0.1, -0.05) is 42.8 Å². The number of carbonyl (C=O) groups is 2. The number of amides is 2. The van der Waals surface area contributed by atoms with Gasteiger partial charge in [0.25, 0.3) is 11.8 Å². The Bertz CT molecular complexity index is 1090. The highest BCUT2D eigenvalue weighted by molar-refractivity contribution is 6.21. The zero-order chi connectivity index (χ0) is 21.5. The van der Waals surface area contributed by atoms with Crippen molar-refractivity contribution >= 4 is 11.8 Å². The molecule has 5 heteroatoms. The van der Waals surface area contributed by atoms with Crippen LogP contribution in [0.1, 0.15) is 57.0 Å². The van der Waals surface area contributed by atoms with E-state index in [1.165, 1.54) is 29.2 Å². The van der Waals surface area contributed by atoms with Crippen molar-refractivity contribution in [2.75, 3.05) is 0 Å². The molecule has 156 valence electrons. The van der Waals surface area contributed by atoms with E-state index >= 15 is 0 Å². The monoisotopic (exact) mass is 417 g/mol. The molecule has 1 heterocycles. The fourth-order valence-corrected chi connectivity index (χ4v) is 5.27. The first kappa shape index (κ1) is 19.6. The summed E-state index contributed by atoms with van der Waals surface area (Å²) in [4.78, 5) is 27.6. The van der Waals surface area contributed by atoms with E-state index in [4.69, 9.17) is 0 Å². The molecule has 31 heavy (non-hydrogen) atoms. The van der Waals surface area contributed by atoms with Crippen molar-refractivity contribution in [3.63, 3.8) is 0 Å². The van der Waals surface area contributed by atoms with E-state index in [0.717, 1.165) is 24.0 Å². The van der Waals surface area contributed by atoms with Crippen LogP contribution in [0.4, 0.5) is 8.78 Å². The minimum atomic E-state index is -0.366. The molecule has 1 unspecified atom stereocenters. The standard InChI is InChI=1S/C26H21F2NO2/c27-18-8-3-6-16(14-18)24(17-7-4-9-19(28)15-17)22-12-5-13-23(22)29-25(30)20-10-1-2-11-21(20)26(29)31/h1-4,6-11,14-15,22-24H,5,12-13H2/t22?,23-/m0/s1. The highest BCUT2D eigenvalue weighted by Gasteiger charge is 2.46. The molecular formula is C26H21F2NO2. The van der Waals surface area contributed by atoms with Crippen LogP contribution < -0.4 is 0 Å². The van der Waals surface area contributed by atoms with Gasteiger partial charge < -0.3 is 0 Å². The molecule has 0 N–H and O–H groups in total. The molecular weight excluding hydrogens is 396 g/mol. The van der Waals surface area contributed by atoms with E-state index in [-0.39, 0.29) is 41.3 Å². The topological polar surface area (TPSA) is 37.4 Å². The van der Waals surface area contributed by atoms with E-state index in [2.05, 4.69) is 0 Å². The first-order valence-electron chi connectivity index (χ1n) is 10.5. The smallest absolute Gasteiger partial charge is 0.261 e.